The standard InChI is InChI=1S/C16H19FN4O3.ClH/c1-10-19-16(21-24-10)15(12-4-2-3-5-13(12)17)20-14(22)8-11-9-23-7-6-18-11;/h2-5,11,15,18H,6-9H2,1H3,(H,20,22);1H. The molecule has 1 aliphatic heterocycles. The number of aryl methyl sites for hydroxylation is 1. The first-order valence-corrected chi connectivity index (χ1v) is 7.78. The van der Waals surface area contributed by atoms with Crippen LogP contribution in [0.25, 0.3) is 0 Å². The van der Waals surface area contributed by atoms with Gasteiger partial charge in [-0.25, -0.2) is 4.39 Å². The Kier molecular flexibility index (Phi) is 6.86. The second-order valence-electron chi connectivity index (χ2n) is 5.62. The van der Waals surface area contributed by atoms with E-state index in [1.165, 1.54) is 6.07 Å². The normalized spacial score (nSPS) is 18.2. The molecular formula is C16H20ClFN4O3. The number of morpholine rings is 1. The van der Waals surface area contributed by atoms with Crippen LogP contribution in [-0.2, 0) is 9.53 Å². The molecule has 2 unspecified atom stereocenters. The lowest BCUT2D eigenvalue weighted by atomic mass is 10.0. The molecule has 2 heterocycles. The molecule has 0 bridgehead atoms. The molecule has 7 nitrogen and oxygen atoms in total. The van der Waals surface area contributed by atoms with E-state index in [1.54, 1.807) is 25.1 Å². The van der Waals surface area contributed by atoms with Crippen LogP contribution in [0.4, 0.5) is 4.39 Å². The van der Waals surface area contributed by atoms with Gasteiger partial charge in [0.1, 0.15) is 11.9 Å². The van der Waals surface area contributed by atoms with E-state index in [0.29, 0.717) is 31.2 Å². The lowest BCUT2D eigenvalue weighted by Crippen LogP contribution is -2.44. The lowest BCUT2D eigenvalue weighted by Gasteiger charge is -2.24. The Bertz CT molecular complexity index is 706. The number of nitrogens with one attached hydrogen (secondary N) is 2. The summed E-state index contributed by atoms with van der Waals surface area (Å²) in [7, 11) is 0. The zero-order valence-electron chi connectivity index (χ0n) is 13.7. The Morgan fingerprint density at radius 2 is 2.28 bits per heavy atom. The molecule has 1 aliphatic rings. The van der Waals surface area contributed by atoms with Crippen LogP contribution in [0.15, 0.2) is 28.8 Å². The van der Waals surface area contributed by atoms with Crippen LogP contribution < -0.4 is 10.6 Å². The number of amides is 1. The van der Waals surface area contributed by atoms with Crippen LogP contribution in [0.2, 0.25) is 0 Å². The van der Waals surface area contributed by atoms with E-state index in [1.807, 2.05) is 0 Å². The van der Waals surface area contributed by atoms with E-state index in [-0.39, 0.29) is 36.6 Å². The monoisotopic (exact) mass is 370 g/mol. The molecule has 2 aromatic rings. The Morgan fingerprint density at radius 1 is 1.48 bits per heavy atom. The van der Waals surface area contributed by atoms with Crippen molar-refractivity contribution in [1.82, 2.24) is 20.8 Å². The van der Waals surface area contributed by atoms with Gasteiger partial charge in [0.05, 0.1) is 13.2 Å². The van der Waals surface area contributed by atoms with Crippen LogP contribution >= 0.6 is 12.4 Å². The van der Waals surface area contributed by atoms with E-state index in [0.717, 1.165) is 0 Å². The fraction of sp³-hybridized carbons (Fsp3) is 0.438. The Morgan fingerprint density at radius 3 is 2.92 bits per heavy atom. The van der Waals surface area contributed by atoms with Crippen molar-refractivity contribution < 1.29 is 18.4 Å². The van der Waals surface area contributed by atoms with Crippen molar-refractivity contribution in [3.05, 3.63) is 47.4 Å². The average Bonchev–Trinajstić information content (AvgIpc) is 3.01. The van der Waals surface area contributed by atoms with Gasteiger partial charge in [-0.05, 0) is 6.07 Å². The fourth-order valence-electron chi connectivity index (χ4n) is 2.62. The fourth-order valence-corrected chi connectivity index (χ4v) is 2.62. The number of benzene rings is 1. The predicted octanol–water partition coefficient (Wildman–Crippen LogP) is 1.52. The number of rotatable bonds is 5. The average molecular weight is 371 g/mol. The third-order valence-electron chi connectivity index (χ3n) is 3.75. The van der Waals surface area contributed by atoms with E-state index in [4.69, 9.17) is 9.26 Å². The highest BCUT2D eigenvalue weighted by Gasteiger charge is 2.26. The van der Waals surface area contributed by atoms with Gasteiger partial charge in [-0.1, -0.05) is 23.4 Å². The summed E-state index contributed by atoms with van der Waals surface area (Å²) < 4.78 is 24.5. The minimum atomic E-state index is -0.805. The highest BCUT2D eigenvalue weighted by atomic mass is 35.5. The second-order valence-corrected chi connectivity index (χ2v) is 5.62. The third-order valence-corrected chi connectivity index (χ3v) is 3.75. The van der Waals surface area contributed by atoms with Crippen LogP contribution in [0.3, 0.4) is 0 Å². The zero-order chi connectivity index (χ0) is 16.9. The molecule has 1 aromatic heterocycles. The summed E-state index contributed by atoms with van der Waals surface area (Å²) in [5, 5.41) is 9.83. The predicted molar refractivity (Wildman–Crippen MR) is 89.9 cm³/mol. The molecule has 3 rings (SSSR count). The smallest absolute Gasteiger partial charge is 0.223 e. The maximum Gasteiger partial charge on any atom is 0.223 e. The van der Waals surface area contributed by atoms with Gasteiger partial charge in [-0.15, -0.1) is 12.4 Å². The van der Waals surface area contributed by atoms with Crippen LogP contribution in [0.5, 0.6) is 0 Å². The van der Waals surface area contributed by atoms with Gasteiger partial charge in [0.2, 0.25) is 11.8 Å². The van der Waals surface area contributed by atoms with Crippen molar-refractivity contribution in [2.24, 2.45) is 0 Å². The van der Waals surface area contributed by atoms with Crippen molar-refractivity contribution >= 4 is 18.3 Å². The number of carbonyl (C=O) groups excluding carboxylic acids is 1. The molecule has 1 aromatic carbocycles. The number of halogens is 2. The summed E-state index contributed by atoms with van der Waals surface area (Å²) in [4.78, 5) is 16.5. The number of aromatic nitrogens is 2. The summed E-state index contributed by atoms with van der Waals surface area (Å²) in [6.07, 6.45) is 0.224. The molecule has 136 valence electrons. The summed E-state index contributed by atoms with van der Waals surface area (Å²) in [6.45, 7) is 3.45. The number of hydrogen-bond acceptors (Lipinski definition) is 6. The van der Waals surface area contributed by atoms with E-state index in [2.05, 4.69) is 20.8 Å². The maximum atomic E-state index is 14.2. The maximum absolute atomic E-state index is 14.2. The van der Waals surface area contributed by atoms with Crippen molar-refractivity contribution in [3.8, 4) is 0 Å². The first kappa shape index (κ1) is 19.3. The molecule has 0 radical (unpaired) electrons. The minimum Gasteiger partial charge on any atom is -0.378 e. The zero-order valence-corrected chi connectivity index (χ0v) is 14.5. The molecule has 9 heteroatoms. The van der Waals surface area contributed by atoms with Crippen molar-refractivity contribution in [2.75, 3.05) is 19.8 Å². The summed E-state index contributed by atoms with van der Waals surface area (Å²) in [6, 6.07) is 5.34. The van der Waals surface area contributed by atoms with Crippen molar-refractivity contribution in [2.45, 2.75) is 25.4 Å². The molecule has 25 heavy (non-hydrogen) atoms. The first-order chi connectivity index (χ1) is 11.6. The minimum absolute atomic E-state index is 0. The molecule has 0 spiro atoms. The Hall–Kier alpha value is -2.03. The second kappa shape index (κ2) is 8.89. The molecule has 2 N–H and O–H groups in total. The van der Waals surface area contributed by atoms with Gasteiger partial charge in [-0.2, -0.15) is 4.98 Å². The molecule has 1 amide bonds. The van der Waals surface area contributed by atoms with Crippen molar-refractivity contribution in [1.29, 1.82) is 0 Å². The Balaban J connectivity index is 0.00000225. The highest BCUT2D eigenvalue weighted by molar-refractivity contribution is 5.85. The summed E-state index contributed by atoms with van der Waals surface area (Å²) in [5.74, 6) is -0.111. The summed E-state index contributed by atoms with van der Waals surface area (Å²) in [5.41, 5.74) is 0.291. The van der Waals surface area contributed by atoms with Crippen LogP contribution in [0.1, 0.15) is 29.7 Å². The van der Waals surface area contributed by atoms with Crippen molar-refractivity contribution in [3.63, 3.8) is 0 Å². The number of nitrogens with zero attached hydrogens (tertiary/aromatic N) is 2. The van der Waals surface area contributed by atoms with E-state index >= 15 is 0 Å². The van der Waals surface area contributed by atoms with Gasteiger partial charge in [0.15, 0.2) is 5.82 Å². The van der Waals surface area contributed by atoms with Gasteiger partial charge in [0, 0.05) is 31.5 Å². The van der Waals surface area contributed by atoms with Crippen LogP contribution in [0, 0.1) is 12.7 Å². The molecule has 1 saturated heterocycles. The molecule has 0 saturated carbocycles. The van der Waals surface area contributed by atoms with Gasteiger partial charge in [0.25, 0.3) is 0 Å². The highest BCUT2D eigenvalue weighted by Crippen LogP contribution is 2.22. The van der Waals surface area contributed by atoms with Gasteiger partial charge < -0.3 is 19.9 Å². The van der Waals surface area contributed by atoms with Gasteiger partial charge in [-0.3, -0.25) is 4.79 Å². The van der Waals surface area contributed by atoms with Crippen LogP contribution in [-0.4, -0.2) is 41.8 Å². The van der Waals surface area contributed by atoms with E-state index < -0.39 is 11.9 Å². The first-order valence-electron chi connectivity index (χ1n) is 7.78. The Labute approximate surface area is 150 Å². The topological polar surface area (TPSA) is 89.3 Å². The molecule has 2 atom stereocenters. The SMILES string of the molecule is Cc1nc(C(NC(=O)CC2COCCN2)c2ccccc2F)no1.Cl. The molecular weight excluding hydrogens is 351 g/mol. The summed E-state index contributed by atoms with van der Waals surface area (Å²) >= 11 is 0. The quantitative estimate of drug-likeness (QED) is 0.829. The molecule has 0 aliphatic carbocycles. The number of carbonyl (C=O) groups is 1. The lowest BCUT2D eigenvalue weighted by molar-refractivity contribution is -0.122. The van der Waals surface area contributed by atoms with Gasteiger partial charge >= 0.3 is 0 Å². The largest absolute Gasteiger partial charge is 0.378 e. The number of ether oxygens (including phenoxy) is 1. The molecule has 1 fully saturated rings. The number of hydrogen-bond donors (Lipinski definition) is 2. The third kappa shape index (κ3) is 4.97. The van der Waals surface area contributed by atoms with E-state index in [9.17, 15) is 9.18 Å².